The molecule has 7 aromatic rings. The first kappa shape index (κ1) is 17.8. The Labute approximate surface area is 200 Å². The second-order valence-electron chi connectivity index (χ2n) is 9.71. The summed E-state index contributed by atoms with van der Waals surface area (Å²) in [5, 5.41) is 2.12. The summed E-state index contributed by atoms with van der Waals surface area (Å²) in [5.41, 5.74) is 16.3. The molecule has 0 aliphatic heterocycles. The van der Waals surface area contributed by atoms with E-state index in [9.17, 15) is 0 Å². The fourth-order valence-electron chi connectivity index (χ4n) is 6.45. The Hall–Kier alpha value is -4.57. The first-order chi connectivity index (χ1) is 17.3. The SMILES string of the molecule is c1ccc2c(c1)Cc1cc3c(cc1-2)Cc1ccc2nc4c5ccncc5c5ncccc5n4c2c1-3. The summed E-state index contributed by atoms with van der Waals surface area (Å²) in [5.74, 6) is 0. The molecule has 4 heterocycles. The number of fused-ring (bicyclic) bond motifs is 15. The predicted octanol–water partition coefficient (Wildman–Crippen LogP) is 6.73. The molecule has 0 N–H and O–H groups in total. The monoisotopic (exact) mass is 446 g/mol. The third-order valence-electron chi connectivity index (χ3n) is 7.92. The number of benzene rings is 3. The Morgan fingerprint density at radius 3 is 2.57 bits per heavy atom. The molecule has 0 amide bonds. The zero-order valence-electron chi connectivity index (χ0n) is 18.8. The summed E-state index contributed by atoms with van der Waals surface area (Å²) in [4.78, 5) is 14.3. The zero-order valence-corrected chi connectivity index (χ0v) is 18.8. The largest absolute Gasteiger partial charge is 0.289 e. The maximum absolute atomic E-state index is 5.16. The smallest absolute Gasteiger partial charge is 0.146 e. The highest BCUT2D eigenvalue weighted by molar-refractivity contribution is 6.13. The van der Waals surface area contributed by atoms with Gasteiger partial charge in [-0.1, -0.05) is 30.3 Å². The van der Waals surface area contributed by atoms with Crippen LogP contribution in [0, 0.1) is 0 Å². The van der Waals surface area contributed by atoms with E-state index in [1.807, 2.05) is 24.7 Å². The lowest BCUT2D eigenvalue weighted by Crippen LogP contribution is -1.95. The molecule has 35 heavy (non-hydrogen) atoms. The van der Waals surface area contributed by atoms with Crippen LogP contribution in [0.25, 0.3) is 60.7 Å². The molecule has 0 spiro atoms. The van der Waals surface area contributed by atoms with Gasteiger partial charge in [-0.3, -0.25) is 14.4 Å². The molecule has 4 heteroatoms. The van der Waals surface area contributed by atoms with Gasteiger partial charge in [-0.25, -0.2) is 4.98 Å². The molecule has 0 atom stereocenters. The highest BCUT2D eigenvalue weighted by Crippen LogP contribution is 2.47. The summed E-state index contributed by atoms with van der Waals surface area (Å²) in [6.45, 7) is 0. The van der Waals surface area contributed by atoms with Crippen LogP contribution in [0.1, 0.15) is 22.3 Å². The van der Waals surface area contributed by atoms with E-state index in [1.165, 1.54) is 50.0 Å². The van der Waals surface area contributed by atoms with Crippen molar-refractivity contribution in [1.29, 1.82) is 0 Å². The van der Waals surface area contributed by atoms with Gasteiger partial charge in [0, 0.05) is 34.9 Å². The van der Waals surface area contributed by atoms with Gasteiger partial charge in [-0.2, -0.15) is 0 Å². The molecule has 0 fully saturated rings. The molecule has 162 valence electrons. The van der Waals surface area contributed by atoms with Crippen molar-refractivity contribution in [2.24, 2.45) is 0 Å². The summed E-state index contributed by atoms with van der Waals surface area (Å²) in [6, 6.07) is 24.4. The van der Waals surface area contributed by atoms with E-state index < -0.39 is 0 Å². The van der Waals surface area contributed by atoms with E-state index in [0.717, 1.165) is 45.8 Å². The Morgan fingerprint density at radius 1 is 0.686 bits per heavy atom. The average molecular weight is 447 g/mol. The summed E-state index contributed by atoms with van der Waals surface area (Å²) in [7, 11) is 0. The average Bonchev–Trinajstić information content (AvgIpc) is 3.58. The molecule has 0 bridgehead atoms. The van der Waals surface area contributed by atoms with Crippen molar-refractivity contribution < 1.29 is 0 Å². The molecule has 3 aromatic carbocycles. The summed E-state index contributed by atoms with van der Waals surface area (Å²) in [6.07, 6.45) is 7.57. The topological polar surface area (TPSA) is 43.1 Å². The molecular weight excluding hydrogens is 428 g/mol. The molecule has 0 saturated carbocycles. The standard InChI is InChI=1S/C31H18N4/c1-2-5-21-17(4-1)12-19-15-24-20(14-23(19)21)13-18-7-8-26-30(28(18)24)35-27-6-3-10-33-29(27)25-16-32-11-9-22(25)31(35)34-26/h1-11,14-16H,12-13H2. The first-order valence-electron chi connectivity index (χ1n) is 12.0. The third-order valence-corrected chi connectivity index (χ3v) is 7.92. The van der Waals surface area contributed by atoms with Gasteiger partial charge >= 0.3 is 0 Å². The Morgan fingerprint density at radius 2 is 1.57 bits per heavy atom. The fraction of sp³-hybridized carbons (Fsp3) is 0.0645. The molecule has 0 radical (unpaired) electrons. The minimum Gasteiger partial charge on any atom is -0.289 e. The normalized spacial score (nSPS) is 13.5. The molecule has 9 rings (SSSR count). The number of nitrogens with zero attached hydrogens (tertiary/aromatic N) is 4. The maximum Gasteiger partial charge on any atom is 0.146 e. The van der Waals surface area contributed by atoms with Gasteiger partial charge in [0.15, 0.2) is 0 Å². The van der Waals surface area contributed by atoms with Crippen molar-refractivity contribution in [2.75, 3.05) is 0 Å². The quantitative estimate of drug-likeness (QED) is 0.243. The van der Waals surface area contributed by atoms with Crippen LogP contribution in [0.5, 0.6) is 0 Å². The molecule has 2 aliphatic carbocycles. The van der Waals surface area contributed by atoms with Crippen molar-refractivity contribution in [3.63, 3.8) is 0 Å². The van der Waals surface area contributed by atoms with E-state index in [2.05, 4.69) is 70.0 Å². The van der Waals surface area contributed by atoms with E-state index >= 15 is 0 Å². The number of aromatic nitrogens is 4. The van der Waals surface area contributed by atoms with Crippen LogP contribution < -0.4 is 0 Å². The summed E-state index contributed by atoms with van der Waals surface area (Å²) < 4.78 is 2.33. The van der Waals surface area contributed by atoms with Gasteiger partial charge in [0.25, 0.3) is 0 Å². The lowest BCUT2D eigenvalue weighted by molar-refractivity contribution is 1.24. The molecule has 4 nitrogen and oxygen atoms in total. The Bertz CT molecular complexity index is 2070. The van der Waals surface area contributed by atoms with Crippen LogP contribution in [-0.4, -0.2) is 19.4 Å². The van der Waals surface area contributed by atoms with Crippen molar-refractivity contribution >= 4 is 38.5 Å². The first-order valence-corrected chi connectivity index (χ1v) is 12.0. The van der Waals surface area contributed by atoms with E-state index in [-0.39, 0.29) is 0 Å². The number of pyridine rings is 3. The molecule has 0 saturated heterocycles. The number of imidazole rings is 1. The van der Waals surface area contributed by atoms with Crippen LogP contribution in [0.4, 0.5) is 0 Å². The van der Waals surface area contributed by atoms with Gasteiger partial charge in [0.1, 0.15) is 5.65 Å². The minimum atomic E-state index is 0.955. The van der Waals surface area contributed by atoms with Gasteiger partial charge in [0.05, 0.1) is 22.1 Å². The molecular formula is C31H18N4. The molecule has 4 aromatic heterocycles. The second kappa shape index (κ2) is 6.10. The lowest BCUT2D eigenvalue weighted by Gasteiger charge is -2.10. The van der Waals surface area contributed by atoms with Gasteiger partial charge in [0.2, 0.25) is 0 Å². The molecule has 0 unspecified atom stereocenters. The second-order valence-corrected chi connectivity index (χ2v) is 9.71. The lowest BCUT2D eigenvalue weighted by atomic mass is 9.97. The number of hydrogen-bond acceptors (Lipinski definition) is 3. The van der Waals surface area contributed by atoms with Gasteiger partial charge < -0.3 is 0 Å². The van der Waals surface area contributed by atoms with Gasteiger partial charge in [-0.05, 0) is 88.2 Å². The van der Waals surface area contributed by atoms with E-state index in [1.54, 1.807) is 0 Å². The van der Waals surface area contributed by atoms with Crippen LogP contribution in [0.2, 0.25) is 0 Å². The van der Waals surface area contributed by atoms with Crippen LogP contribution in [-0.2, 0) is 12.8 Å². The number of hydrogen-bond donors (Lipinski definition) is 0. The van der Waals surface area contributed by atoms with E-state index in [4.69, 9.17) is 9.97 Å². The van der Waals surface area contributed by atoms with Crippen LogP contribution in [0.3, 0.4) is 0 Å². The Kier molecular flexibility index (Phi) is 3.11. The van der Waals surface area contributed by atoms with Crippen molar-refractivity contribution in [1.82, 2.24) is 19.4 Å². The summed E-state index contributed by atoms with van der Waals surface area (Å²) >= 11 is 0. The maximum atomic E-state index is 5.16. The predicted molar refractivity (Wildman–Crippen MR) is 140 cm³/mol. The van der Waals surface area contributed by atoms with Crippen LogP contribution >= 0.6 is 0 Å². The van der Waals surface area contributed by atoms with Crippen molar-refractivity contribution in [3.8, 4) is 22.3 Å². The Balaban J connectivity index is 1.43. The van der Waals surface area contributed by atoms with Gasteiger partial charge in [-0.15, -0.1) is 0 Å². The number of rotatable bonds is 0. The highest BCUT2D eigenvalue weighted by Gasteiger charge is 2.28. The van der Waals surface area contributed by atoms with Crippen molar-refractivity contribution in [2.45, 2.75) is 12.8 Å². The third kappa shape index (κ3) is 2.15. The molecule has 2 aliphatic rings. The zero-order chi connectivity index (χ0) is 22.7. The minimum absolute atomic E-state index is 0.955. The van der Waals surface area contributed by atoms with Crippen molar-refractivity contribution in [3.05, 3.63) is 108 Å². The van der Waals surface area contributed by atoms with E-state index in [0.29, 0.717) is 0 Å². The van der Waals surface area contributed by atoms with Crippen LogP contribution in [0.15, 0.2) is 85.3 Å². The fourth-order valence-corrected chi connectivity index (χ4v) is 6.45. The highest BCUT2D eigenvalue weighted by atomic mass is 15.0.